The second-order valence-corrected chi connectivity index (χ2v) is 6.10. The molecule has 0 bridgehead atoms. The predicted octanol–water partition coefficient (Wildman–Crippen LogP) is 4.15. The van der Waals surface area contributed by atoms with Gasteiger partial charge in [0.15, 0.2) is 0 Å². The molecule has 88 valence electrons. The van der Waals surface area contributed by atoms with Crippen LogP contribution < -0.4 is 0 Å². The van der Waals surface area contributed by atoms with Gasteiger partial charge in [-0.15, -0.1) is 11.3 Å². The number of thiophene rings is 1. The highest BCUT2D eigenvalue weighted by Crippen LogP contribution is 2.39. The van der Waals surface area contributed by atoms with Crippen LogP contribution in [0.15, 0.2) is 12.1 Å². The van der Waals surface area contributed by atoms with E-state index in [1.165, 1.54) is 17.8 Å². The summed E-state index contributed by atoms with van der Waals surface area (Å²) in [4.78, 5) is 12.3. The number of carboxylic acid groups (broad SMARTS) is 1. The van der Waals surface area contributed by atoms with Crippen LogP contribution in [0.4, 0.5) is 0 Å². The maximum absolute atomic E-state index is 11.4. The molecule has 0 aromatic carbocycles. The minimum Gasteiger partial charge on any atom is -0.481 e. The lowest BCUT2D eigenvalue weighted by Gasteiger charge is -2.26. The average molecular weight is 259 g/mol. The SMILES string of the molecule is O=C(O)C(c1ccc(Cl)s1)C1CCCCC1. The van der Waals surface area contributed by atoms with Gasteiger partial charge in [0.2, 0.25) is 0 Å². The van der Waals surface area contributed by atoms with E-state index in [-0.39, 0.29) is 5.92 Å². The summed E-state index contributed by atoms with van der Waals surface area (Å²) in [6.45, 7) is 0. The van der Waals surface area contributed by atoms with Crippen LogP contribution in [0.2, 0.25) is 4.34 Å². The summed E-state index contributed by atoms with van der Waals surface area (Å²) in [7, 11) is 0. The molecule has 4 heteroatoms. The highest BCUT2D eigenvalue weighted by Gasteiger charge is 2.31. The molecule has 1 aromatic heterocycles. The van der Waals surface area contributed by atoms with Crippen molar-refractivity contribution < 1.29 is 9.90 Å². The minimum atomic E-state index is -0.703. The van der Waals surface area contributed by atoms with Gasteiger partial charge in [-0.2, -0.15) is 0 Å². The minimum absolute atomic E-state index is 0.293. The fourth-order valence-corrected chi connectivity index (χ4v) is 3.77. The number of carbonyl (C=O) groups is 1. The molecule has 1 saturated carbocycles. The van der Waals surface area contributed by atoms with Crippen LogP contribution in [0.5, 0.6) is 0 Å². The maximum atomic E-state index is 11.4. The molecule has 2 rings (SSSR count). The second kappa shape index (κ2) is 5.19. The van der Waals surface area contributed by atoms with E-state index >= 15 is 0 Å². The summed E-state index contributed by atoms with van der Waals surface area (Å²) in [6.07, 6.45) is 5.63. The van der Waals surface area contributed by atoms with Crippen LogP contribution in [-0.4, -0.2) is 11.1 Å². The number of halogens is 1. The Bertz CT molecular complexity index is 369. The van der Waals surface area contributed by atoms with Gasteiger partial charge < -0.3 is 5.11 Å². The van der Waals surface area contributed by atoms with Gasteiger partial charge in [0.25, 0.3) is 0 Å². The molecule has 1 N–H and O–H groups in total. The van der Waals surface area contributed by atoms with Gasteiger partial charge in [0.1, 0.15) is 0 Å². The Kier molecular flexibility index (Phi) is 3.87. The van der Waals surface area contributed by atoms with E-state index in [4.69, 9.17) is 11.6 Å². The van der Waals surface area contributed by atoms with Crippen molar-refractivity contribution in [1.82, 2.24) is 0 Å². The highest BCUT2D eigenvalue weighted by molar-refractivity contribution is 7.16. The topological polar surface area (TPSA) is 37.3 Å². The zero-order valence-corrected chi connectivity index (χ0v) is 10.6. The zero-order chi connectivity index (χ0) is 11.5. The Morgan fingerprint density at radius 3 is 2.56 bits per heavy atom. The molecule has 0 spiro atoms. The Labute approximate surface area is 104 Å². The Morgan fingerprint density at radius 2 is 2.06 bits per heavy atom. The molecular weight excluding hydrogens is 244 g/mol. The van der Waals surface area contributed by atoms with Crippen molar-refractivity contribution >= 4 is 28.9 Å². The zero-order valence-electron chi connectivity index (χ0n) is 8.99. The largest absolute Gasteiger partial charge is 0.481 e. The molecule has 1 unspecified atom stereocenters. The first-order valence-corrected chi connectivity index (χ1v) is 6.86. The molecule has 1 heterocycles. The van der Waals surface area contributed by atoms with Crippen LogP contribution in [0.1, 0.15) is 42.9 Å². The number of rotatable bonds is 3. The van der Waals surface area contributed by atoms with E-state index in [9.17, 15) is 9.90 Å². The molecule has 0 radical (unpaired) electrons. The number of hydrogen-bond donors (Lipinski definition) is 1. The van der Waals surface area contributed by atoms with Crippen molar-refractivity contribution in [3.63, 3.8) is 0 Å². The van der Waals surface area contributed by atoms with E-state index < -0.39 is 5.97 Å². The molecule has 0 saturated heterocycles. The summed E-state index contributed by atoms with van der Waals surface area (Å²) >= 11 is 7.28. The second-order valence-electron chi connectivity index (χ2n) is 4.36. The third-order valence-electron chi connectivity index (χ3n) is 3.29. The first-order chi connectivity index (χ1) is 7.68. The molecule has 2 nitrogen and oxygen atoms in total. The Balaban J connectivity index is 2.19. The monoisotopic (exact) mass is 258 g/mol. The highest BCUT2D eigenvalue weighted by atomic mass is 35.5. The van der Waals surface area contributed by atoms with Gasteiger partial charge in [-0.1, -0.05) is 30.9 Å². The van der Waals surface area contributed by atoms with E-state index in [1.54, 1.807) is 6.07 Å². The van der Waals surface area contributed by atoms with Gasteiger partial charge >= 0.3 is 5.97 Å². The lowest BCUT2D eigenvalue weighted by atomic mass is 9.79. The van der Waals surface area contributed by atoms with Gasteiger partial charge in [-0.05, 0) is 30.9 Å². The molecule has 1 atom stereocenters. The molecular formula is C12H15ClO2S. The molecule has 16 heavy (non-hydrogen) atoms. The standard InChI is InChI=1S/C12H15ClO2S/c13-10-7-6-9(16-10)11(12(14)15)8-4-2-1-3-5-8/h6-8,11H,1-5H2,(H,14,15). The van der Waals surface area contributed by atoms with E-state index in [0.717, 1.165) is 30.6 Å². The van der Waals surface area contributed by atoms with Crippen LogP contribution in [0, 0.1) is 5.92 Å². The summed E-state index contributed by atoms with van der Waals surface area (Å²) in [5.41, 5.74) is 0. The van der Waals surface area contributed by atoms with Gasteiger partial charge in [-0.25, -0.2) is 0 Å². The van der Waals surface area contributed by atoms with Gasteiger partial charge in [-0.3, -0.25) is 4.79 Å². The third-order valence-corrected chi connectivity index (χ3v) is 4.60. The smallest absolute Gasteiger partial charge is 0.312 e. The van der Waals surface area contributed by atoms with Crippen LogP contribution in [-0.2, 0) is 4.79 Å². The van der Waals surface area contributed by atoms with Crippen LogP contribution in [0.3, 0.4) is 0 Å². The van der Waals surface area contributed by atoms with Gasteiger partial charge in [0.05, 0.1) is 10.3 Å². The van der Waals surface area contributed by atoms with Crippen molar-refractivity contribution in [2.75, 3.05) is 0 Å². The average Bonchev–Trinajstić information content (AvgIpc) is 2.66. The molecule has 0 aliphatic heterocycles. The van der Waals surface area contributed by atoms with E-state index in [1.807, 2.05) is 6.07 Å². The molecule has 0 amide bonds. The summed E-state index contributed by atoms with van der Waals surface area (Å²) in [5.74, 6) is -0.760. The van der Waals surface area contributed by atoms with Crippen molar-refractivity contribution in [1.29, 1.82) is 0 Å². The maximum Gasteiger partial charge on any atom is 0.312 e. The first kappa shape index (κ1) is 11.9. The Morgan fingerprint density at radius 1 is 1.38 bits per heavy atom. The normalized spacial score (nSPS) is 19.6. The molecule has 1 aliphatic carbocycles. The fraction of sp³-hybridized carbons (Fsp3) is 0.583. The summed E-state index contributed by atoms with van der Waals surface area (Å²) < 4.78 is 0.678. The third kappa shape index (κ3) is 2.58. The van der Waals surface area contributed by atoms with Crippen molar-refractivity contribution in [2.24, 2.45) is 5.92 Å². The van der Waals surface area contributed by atoms with Crippen molar-refractivity contribution in [2.45, 2.75) is 38.0 Å². The number of hydrogen-bond acceptors (Lipinski definition) is 2. The van der Waals surface area contributed by atoms with Crippen LogP contribution >= 0.6 is 22.9 Å². The number of aliphatic carboxylic acids is 1. The molecule has 1 fully saturated rings. The lowest BCUT2D eigenvalue weighted by Crippen LogP contribution is -2.22. The lowest BCUT2D eigenvalue weighted by molar-refractivity contribution is -0.140. The van der Waals surface area contributed by atoms with E-state index in [2.05, 4.69) is 0 Å². The predicted molar refractivity (Wildman–Crippen MR) is 66.3 cm³/mol. The van der Waals surface area contributed by atoms with Crippen molar-refractivity contribution in [3.05, 3.63) is 21.3 Å². The van der Waals surface area contributed by atoms with Crippen molar-refractivity contribution in [3.8, 4) is 0 Å². The molecule has 1 aliphatic rings. The quantitative estimate of drug-likeness (QED) is 0.884. The van der Waals surface area contributed by atoms with Crippen LogP contribution in [0.25, 0.3) is 0 Å². The fourth-order valence-electron chi connectivity index (χ4n) is 2.52. The van der Waals surface area contributed by atoms with E-state index in [0.29, 0.717) is 10.3 Å². The Hall–Kier alpha value is -0.540. The molecule has 1 aromatic rings. The first-order valence-electron chi connectivity index (χ1n) is 5.66. The summed E-state index contributed by atoms with van der Waals surface area (Å²) in [5, 5.41) is 9.35. The number of carboxylic acids is 1. The summed E-state index contributed by atoms with van der Waals surface area (Å²) in [6, 6.07) is 3.65. The van der Waals surface area contributed by atoms with Gasteiger partial charge in [0, 0.05) is 4.88 Å².